The topological polar surface area (TPSA) is 70.7 Å². The Hall–Kier alpha value is -1.14. The summed E-state index contributed by atoms with van der Waals surface area (Å²) in [6.07, 6.45) is 2.76. The summed E-state index contributed by atoms with van der Waals surface area (Å²) in [5.41, 5.74) is -0.414. The number of piperidine rings is 1. The Morgan fingerprint density at radius 1 is 1.23 bits per heavy atom. The number of nitrogens with one attached hydrogen (secondary N) is 2. The number of ether oxygens (including phenoxy) is 1. The third kappa shape index (κ3) is 5.25. The predicted octanol–water partition coefficient (Wildman–Crippen LogP) is 0.767. The van der Waals surface area contributed by atoms with Gasteiger partial charge in [-0.1, -0.05) is 0 Å². The molecular formula is C16H31N3O3. The van der Waals surface area contributed by atoms with Gasteiger partial charge in [0.05, 0.1) is 12.0 Å². The Morgan fingerprint density at radius 3 is 2.41 bits per heavy atom. The van der Waals surface area contributed by atoms with Crippen LogP contribution in [0.3, 0.4) is 0 Å². The molecule has 2 N–H and O–H groups in total. The normalized spacial score (nSPS) is 17.0. The van der Waals surface area contributed by atoms with Gasteiger partial charge in [0.2, 0.25) is 11.8 Å². The molecule has 0 saturated carbocycles. The van der Waals surface area contributed by atoms with Crippen molar-refractivity contribution in [2.24, 2.45) is 5.41 Å². The van der Waals surface area contributed by atoms with Crippen molar-refractivity contribution in [2.75, 3.05) is 46.4 Å². The minimum Gasteiger partial charge on any atom is -0.384 e. The van der Waals surface area contributed by atoms with Gasteiger partial charge in [0, 0.05) is 33.2 Å². The molecule has 1 aliphatic rings. The van der Waals surface area contributed by atoms with Crippen molar-refractivity contribution in [2.45, 2.75) is 39.5 Å². The Balaban J connectivity index is 2.36. The summed E-state index contributed by atoms with van der Waals surface area (Å²) in [5, 5.41) is 6.27. The summed E-state index contributed by atoms with van der Waals surface area (Å²) in [6.45, 7) is 8.14. The average molecular weight is 313 g/mol. The zero-order chi connectivity index (χ0) is 16.4. The minimum atomic E-state index is -0.414. The highest BCUT2D eigenvalue weighted by atomic mass is 16.5. The van der Waals surface area contributed by atoms with Crippen molar-refractivity contribution < 1.29 is 14.3 Å². The van der Waals surface area contributed by atoms with Crippen LogP contribution in [0, 0.1) is 5.41 Å². The Kier molecular flexibility index (Phi) is 8.42. The highest BCUT2D eigenvalue weighted by molar-refractivity contribution is 5.83. The molecular weight excluding hydrogens is 282 g/mol. The number of rotatable bonds is 9. The lowest BCUT2D eigenvalue weighted by molar-refractivity contribution is -0.136. The van der Waals surface area contributed by atoms with Crippen molar-refractivity contribution in [3.8, 4) is 0 Å². The van der Waals surface area contributed by atoms with Crippen molar-refractivity contribution in [3.05, 3.63) is 0 Å². The largest absolute Gasteiger partial charge is 0.384 e. The summed E-state index contributed by atoms with van der Waals surface area (Å²) >= 11 is 0. The van der Waals surface area contributed by atoms with Gasteiger partial charge in [-0.15, -0.1) is 0 Å². The maximum absolute atomic E-state index is 12.5. The molecule has 22 heavy (non-hydrogen) atoms. The van der Waals surface area contributed by atoms with Gasteiger partial charge in [-0.25, -0.2) is 0 Å². The van der Waals surface area contributed by atoms with Crippen LogP contribution in [0.4, 0.5) is 0 Å². The maximum Gasteiger partial charge on any atom is 0.228 e. The van der Waals surface area contributed by atoms with Gasteiger partial charge in [-0.3, -0.25) is 9.59 Å². The zero-order valence-electron chi connectivity index (χ0n) is 14.2. The number of amides is 2. The van der Waals surface area contributed by atoms with E-state index in [4.69, 9.17) is 4.74 Å². The highest BCUT2D eigenvalue weighted by Gasteiger charge is 2.39. The van der Waals surface area contributed by atoms with Gasteiger partial charge in [-0.05, 0) is 46.2 Å². The Morgan fingerprint density at radius 2 is 1.86 bits per heavy atom. The average Bonchev–Trinajstić information content (AvgIpc) is 2.53. The first-order chi connectivity index (χ1) is 10.6. The molecule has 0 unspecified atom stereocenters. The number of methoxy groups -OCH3 is 1. The first-order valence-electron chi connectivity index (χ1n) is 8.35. The number of nitrogens with zero attached hydrogens (tertiary/aromatic N) is 1. The summed E-state index contributed by atoms with van der Waals surface area (Å²) in [4.78, 5) is 26.2. The van der Waals surface area contributed by atoms with Gasteiger partial charge in [-0.2, -0.15) is 0 Å². The first kappa shape index (κ1) is 18.9. The van der Waals surface area contributed by atoms with Gasteiger partial charge in [0.1, 0.15) is 0 Å². The number of hydrogen-bond donors (Lipinski definition) is 2. The molecule has 0 aromatic carbocycles. The summed E-state index contributed by atoms with van der Waals surface area (Å²) in [5.74, 6) is 0.221. The highest BCUT2D eigenvalue weighted by Crippen LogP contribution is 2.29. The fourth-order valence-electron chi connectivity index (χ4n) is 2.98. The smallest absolute Gasteiger partial charge is 0.228 e. The van der Waals surface area contributed by atoms with Crippen LogP contribution in [0.2, 0.25) is 0 Å². The number of hydrogen-bond acceptors (Lipinski definition) is 4. The Bertz CT molecular complexity index is 345. The van der Waals surface area contributed by atoms with E-state index >= 15 is 0 Å². The molecule has 6 heteroatoms. The van der Waals surface area contributed by atoms with Crippen LogP contribution in [-0.4, -0.2) is 63.2 Å². The number of carbonyl (C=O) groups is 2. The van der Waals surface area contributed by atoms with Crippen LogP contribution >= 0.6 is 0 Å². The fourth-order valence-corrected chi connectivity index (χ4v) is 2.98. The number of carbonyl (C=O) groups excluding carboxylic acids is 2. The molecule has 0 aromatic rings. The van der Waals surface area contributed by atoms with Gasteiger partial charge < -0.3 is 20.3 Å². The molecule has 0 aliphatic carbocycles. The van der Waals surface area contributed by atoms with Gasteiger partial charge >= 0.3 is 0 Å². The maximum atomic E-state index is 12.5. The third-order valence-corrected chi connectivity index (χ3v) is 4.43. The van der Waals surface area contributed by atoms with Crippen molar-refractivity contribution in [3.63, 3.8) is 0 Å². The van der Waals surface area contributed by atoms with E-state index in [2.05, 4.69) is 10.6 Å². The molecule has 0 aromatic heterocycles. The molecule has 2 amide bonds. The van der Waals surface area contributed by atoms with Gasteiger partial charge in [0.15, 0.2) is 0 Å². The second-order valence-corrected chi connectivity index (χ2v) is 5.89. The standard InChI is InChI=1S/C16H31N3O3/c1-4-19(5-2)14(20)7-6-10-18-15(21)16(13-22-3)8-11-17-12-9-16/h17H,4-13H2,1-3H3,(H,18,21). The molecule has 1 aliphatic heterocycles. The lowest BCUT2D eigenvalue weighted by Crippen LogP contribution is -2.50. The van der Waals surface area contributed by atoms with Crippen molar-refractivity contribution >= 4 is 11.8 Å². The molecule has 1 rings (SSSR count). The molecule has 6 nitrogen and oxygen atoms in total. The van der Waals surface area contributed by atoms with Crippen molar-refractivity contribution in [1.82, 2.24) is 15.5 Å². The summed E-state index contributed by atoms with van der Waals surface area (Å²) in [7, 11) is 1.64. The van der Waals surface area contributed by atoms with E-state index in [0.29, 0.717) is 26.0 Å². The monoisotopic (exact) mass is 313 g/mol. The van der Waals surface area contributed by atoms with E-state index in [1.54, 1.807) is 7.11 Å². The van der Waals surface area contributed by atoms with E-state index in [-0.39, 0.29) is 11.8 Å². The minimum absolute atomic E-state index is 0.0612. The molecule has 0 bridgehead atoms. The second-order valence-electron chi connectivity index (χ2n) is 5.89. The molecule has 1 fully saturated rings. The van der Waals surface area contributed by atoms with Gasteiger partial charge in [0.25, 0.3) is 0 Å². The molecule has 1 saturated heterocycles. The van der Waals surface area contributed by atoms with Crippen LogP contribution in [0.25, 0.3) is 0 Å². The summed E-state index contributed by atoms with van der Waals surface area (Å²) < 4.78 is 5.26. The third-order valence-electron chi connectivity index (χ3n) is 4.43. The van der Waals surface area contributed by atoms with E-state index in [0.717, 1.165) is 39.0 Å². The molecule has 0 atom stereocenters. The van der Waals surface area contributed by atoms with Crippen LogP contribution in [0.15, 0.2) is 0 Å². The van der Waals surface area contributed by atoms with Crippen LogP contribution in [0.1, 0.15) is 39.5 Å². The second kappa shape index (κ2) is 9.79. The van der Waals surface area contributed by atoms with Crippen molar-refractivity contribution in [1.29, 1.82) is 0 Å². The Labute approximate surface area is 134 Å². The van der Waals surface area contributed by atoms with E-state index in [1.807, 2.05) is 18.7 Å². The van der Waals surface area contributed by atoms with Crippen LogP contribution in [0.5, 0.6) is 0 Å². The van der Waals surface area contributed by atoms with E-state index < -0.39 is 5.41 Å². The molecule has 128 valence electrons. The lowest BCUT2D eigenvalue weighted by Gasteiger charge is -2.35. The lowest BCUT2D eigenvalue weighted by atomic mass is 9.78. The molecule has 0 spiro atoms. The summed E-state index contributed by atoms with van der Waals surface area (Å²) in [6, 6.07) is 0. The van der Waals surface area contributed by atoms with E-state index in [9.17, 15) is 9.59 Å². The van der Waals surface area contributed by atoms with Crippen LogP contribution < -0.4 is 10.6 Å². The molecule has 1 heterocycles. The predicted molar refractivity (Wildman–Crippen MR) is 86.6 cm³/mol. The fraction of sp³-hybridized carbons (Fsp3) is 0.875. The van der Waals surface area contributed by atoms with E-state index in [1.165, 1.54) is 0 Å². The molecule has 0 radical (unpaired) electrons. The van der Waals surface area contributed by atoms with Crippen LogP contribution in [-0.2, 0) is 14.3 Å². The zero-order valence-corrected chi connectivity index (χ0v) is 14.2. The first-order valence-corrected chi connectivity index (χ1v) is 8.35. The quantitative estimate of drug-likeness (QED) is 0.617. The SMILES string of the molecule is CCN(CC)C(=O)CCCNC(=O)C1(COC)CCNCC1.